The zero-order chi connectivity index (χ0) is 15.7. The van der Waals surface area contributed by atoms with Gasteiger partial charge in [0.1, 0.15) is 0 Å². The molecule has 2 saturated heterocycles. The number of rotatable bonds is 4. The lowest BCUT2D eigenvalue weighted by Crippen LogP contribution is -2.44. The van der Waals surface area contributed by atoms with E-state index in [-0.39, 0.29) is 5.41 Å². The molecule has 3 heterocycles. The van der Waals surface area contributed by atoms with Gasteiger partial charge in [-0.05, 0) is 24.4 Å². The molecule has 6 nitrogen and oxygen atoms in total. The van der Waals surface area contributed by atoms with E-state index in [9.17, 15) is 0 Å². The fraction of sp³-hybridized carbons (Fsp3) is 0.529. The molecule has 4 rings (SSSR count). The van der Waals surface area contributed by atoms with Crippen LogP contribution in [0.3, 0.4) is 0 Å². The summed E-state index contributed by atoms with van der Waals surface area (Å²) in [7, 11) is 1.69. The molecule has 122 valence electrons. The molecule has 0 spiro atoms. The predicted octanol–water partition coefficient (Wildman–Crippen LogP) is 1.76. The molecule has 0 aliphatic carbocycles. The van der Waals surface area contributed by atoms with Gasteiger partial charge in [-0.3, -0.25) is 0 Å². The first-order valence-corrected chi connectivity index (χ1v) is 8.03. The number of methoxy groups -OCH3 is 1. The van der Waals surface area contributed by atoms with Crippen LogP contribution in [0.4, 0.5) is 0 Å². The van der Waals surface area contributed by atoms with Gasteiger partial charge < -0.3 is 19.3 Å². The maximum Gasteiger partial charge on any atom is 0.237 e. The fourth-order valence-electron chi connectivity index (χ4n) is 3.61. The third-order valence-electron chi connectivity index (χ3n) is 4.96. The van der Waals surface area contributed by atoms with Crippen molar-refractivity contribution in [2.45, 2.75) is 18.4 Å². The third-order valence-corrected chi connectivity index (χ3v) is 4.96. The Kier molecular flexibility index (Phi) is 3.88. The van der Waals surface area contributed by atoms with Crippen LogP contribution in [0.2, 0.25) is 0 Å². The second kappa shape index (κ2) is 6.03. The van der Waals surface area contributed by atoms with Crippen molar-refractivity contribution in [3.05, 3.63) is 35.7 Å². The number of hydrogen-bond acceptors (Lipinski definition) is 6. The molecule has 0 amide bonds. The fourth-order valence-corrected chi connectivity index (χ4v) is 3.61. The summed E-state index contributed by atoms with van der Waals surface area (Å²) < 4.78 is 16.5. The molecule has 1 N–H and O–H groups in total. The molecule has 23 heavy (non-hydrogen) atoms. The van der Waals surface area contributed by atoms with E-state index in [4.69, 9.17) is 14.0 Å². The molecule has 2 aliphatic heterocycles. The number of aromatic nitrogens is 2. The van der Waals surface area contributed by atoms with E-state index < -0.39 is 0 Å². The molecule has 1 aromatic heterocycles. The van der Waals surface area contributed by atoms with E-state index in [1.54, 1.807) is 7.11 Å². The Labute approximate surface area is 135 Å². The highest BCUT2D eigenvalue weighted by molar-refractivity contribution is 5.54. The highest BCUT2D eigenvalue weighted by atomic mass is 16.5. The zero-order valence-corrected chi connectivity index (χ0v) is 13.2. The van der Waals surface area contributed by atoms with Gasteiger partial charge in [0.2, 0.25) is 11.7 Å². The molecule has 2 fully saturated rings. The summed E-state index contributed by atoms with van der Waals surface area (Å²) in [5.41, 5.74) is 1.91. The number of benzene rings is 1. The van der Waals surface area contributed by atoms with Crippen molar-refractivity contribution >= 4 is 0 Å². The quantitative estimate of drug-likeness (QED) is 0.927. The predicted molar refractivity (Wildman–Crippen MR) is 83.9 cm³/mol. The number of ether oxygens (including phenoxy) is 2. The van der Waals surface area contributed by atoms with E-state index >= 15 is 0 Å². The van der Waals surface area contributed by atoms with Gasteiger partial charge in [-0.15, -0.1) is 0 Å². The van der Waals surface area contributed by atoms with Gasteiger partial charge in [-0.2, -0.15) is 4.98 Å². The second-order valence-electron chi connectivity index (χ2n) is 6.38. The summed E-state index contributed by atoms with van der Waals surface area (Å²) in [5.74, 6) is 1.84. The highest BCUT2D eigenvalue weighted by Gasteiger charge is 2.50. The van der Waals surface area contributed by atoms with Gasteiger partial charge in [0.05, 0.1) is 18.6 Å². The Hall–Kier alpha value is -1.76. The molecular formula is C17H21N3O3. The topological polar surface area (TPSA) is 69.4 Å². The number of nitrogens with zero attached hydrogens (tertiary/aromatic N) is 2. The Morgan fingerprint density at radius 1 is 1.35 bits per heavy atom. The normalized spacial score (nSPS) is 27.1. The summed E-state index contributed by atoms with van der Waals surface area (Å²) in [4.78, 5) is 4.68. The van der Waals surface area contributed by atoms with Gasteiger partial charge in [-0.25, -0.2) is 0 Å². The Morgan fingerprint density at radius 3 is 3.04 bits per heavy atom. The Bertz CT molecular complexity index is 670. The number of nitrogens with one attached hydrogen (secondary N) is 1. The van der Waals surface area contributed by atoms with E-state index in [1.165, 1.54) is 0 Å². The summed E-state index contributed by atoms with van der Waals surface area (Å²) >= 11 is 0. The van der Waals surface area contributed by atoms with Crippen molar-refractivity contribution in [3.63, 3.8) is 0 Å². The molecule has 2 aromatic rings. The second-order valence-corrected chi connectivity index (χ2v) is 6.38. The van der Waals surface area contributed by atoms with Crippen molar-refractivity contribution in [1.82, 2.24) is 15.5 Å². The van der Waals surface area contributed by atoms with E-state index in [0.29, 0.717) is 30.8 Å². The largest absolute Gasteiger partial charge is 0.380 e. The lowest BCUT2D eigenvalue weighted by atomic mass is 9.75. The molecule has 2 atom stereocenters. The van der Waals surface area contributed by atoms with Gasteiger partial charge in [0.15, 0.2) is 0 Å². The lowest BCUT2D eigenvalue weighted by molar-refractivity contribution is 0.00198. The van der Waals surface area contributed by atoms with Crippen molar-refractivity contribution < 1.29 is 14.0 Å². The van der Waals surface area contributed by atoms with Crippen LogP contribution in [0.25, 0.3) is 11.4 Å². The highest BCUT2D eigenvalue weighted by Crippen LogP contribution is 2.40. The molecule has 1 aromatic carbocycles. The maximum atomic E-state index is 5.72. The monoisotopic (exact) mass is 315 g/mol. The average molecular weight is 315 g/mol. The first-order valence-electron chi connectivity index (χ1n) is 8.03. The van der Waals surface area contributed by atoms with Crippen LogP contribution in [0, 0.1) is 5.92 Å². The molecular weight excluding hydrogens is 294 g/mol. The third kappa shape index (κ3) is 2.56. The first kappa shape index (κ1) is 14.8. The van der Waals surface area contributed by atoms with Gasteiger partial charge in [0, 0.05) is 25.8 Å². The minimum Gasteiger partial charge on any atom is -0.380 e. The summed E-state index contributed by atoms with van der Waals surface area (Å²) in [5, 5.41) is 7.64. The molecule has 0 radical (unpaired) electrons. The van der Waals surface area contributed by atoms with Crippen molar-refractivity contribution in [2.24, 2.45) is 5.92 Å². The maximum absolute atomic E-state index is 5.72. The van der Waals surface area contributed by atoms with Crippen molar-refractivity contribution in [1.29, 1.82) is 0 Å². The number of hydrogen-bond donors (Lipinski definition) is 1. The van der Waals surface area contributed by atoms with Crippen LogP contribution in [0.15, 0.2) is 28.8 Å². The minimum absolute atomic E-state index is 0.167. The van der Waals surface area contributed by atoms with Gasteiger partial charge >= 0.3 is 0 Å². The standard InChI is InChI=1S/C17H21N3O3/c1-21-9-12-2-4-13(5-3-12)15-19-16(23-20-15)17-10-18-8-14(17)6-7-22-11-17/h2-5,14,18H,6-11H2,1H3/t14-,17+/m1/s1. The van der Waals surface area contributed by atoms with Crippen molar-refractivity contribution in [3.8, 4) is 11.4 Å². The summed E-state index contributed by atoms with van der Waals surface area (Å²) in [6.07, 6.45) is 1.04. The molecule has 6 heteroatoms. The minimum atomic E-state index is -0.167. The van der Waals surface area contributed by atoms with Gasteiger partial charge in [-0.1, -0.05) is 29.4 Å². The molecule has 2 aliphatic rings. The molecule has 0 saturated carbocycles. The average Bonchev–Trinajstić information content (AvgIpc) is 3.23. The smallest absolute Gasteiger partial charge is 0.237 e. The van der Waals surface area contributed by atoms with Crippen LogP contribution < -0.4 is 5.32 Å². The Morgan fingerprint density at radius 2 is 2.22 bits per heavy atom. The van der Waals surface area contributed by atoms with Crippen LogP contribution >= 0.6 is 0 Å². The SMILES string of the molecule is COCc1ccc(-c2noc([C@]34CNC[C@H]3CCOC4)n2)cc1. The van der Waals surface area contributed by atoms with Gasteiger partial charge in [0.25, 0.3) is 0 Å². The van der Waals surface area contributed by atoms with E-state index in [2.05, 4.69) is 15.5 Å². The van der Waals surface area contributed by atoms with Crippen LogP contribution in [0.1, 0.15) is 17.9 Å². The molecule has 0 bridgehead atoms. The van der Waals surface area contributed by atoms with E-state index in [1.807, 2.05) is 24.3 Å². The Balaban J connectivity index is 1.61. The number of fused-ring (bicyclic) bond motifs is 1. The first-order chi connectivity index (χ1) is 11.3. The van der Waals surface area contributed by atoms with Crippen molar-refractivity contribution in [2.75, 3.05) is 33.4 Å². The summed E-state index contributed by atoms with van der Waals surface area (Å²) in [6, 6.07) is 8.05. The lowest BCUT2D eigenvalue weighted by Gasteiger charge is -2.34. The van der Waals surface area contributed by atoms with Crippen LogP contribution in [0.5, 0.6) is 0 Å². The summed E-state index contributed by atoms with van der Waals surface area (Å²) in [6.45, 7) is 3.90. The van der Waals surface area contributed by atoms with Crippen LogP contribution in [-0.2, 0) is 21.5 Å². The zero-order valence-electron chi connectivity index (χ0n) is 13.2. The van der Waals surface area contributed by atoms with Crippen LogP contribution in [-0.4, -0.2) is 43.6 Å². The molecule has 0 unspecified atom stereocenters. The van der Waals surface area contributed by atoms with E-state index in [0.717, 1.165) is 37.2 Å².